The Balaban J connectivity index is 1.81. The van der Waals surface area contributed by atoms with E-state index in [2.05, 4.69) is 24.5 Å². The molecule has 1 fully saturated rings. The van der Waals surface area contributed by atoms with E-state index in [4.69, 9.17) is 4.74 Å². The maximum Gasteiger partial charge on any atom is 0.262 e. The van der Waals surface area contributed by atoms with Crippen molar-refractivity contribution in [1.29, 1.82) is 0 Å². The Labute approximate surface area is 130 Å². The number of nitrogens with one attached hydrogen (secondary N) is 2. The normalized spacial score (nSPS) is 26.9. The van der Waals surface area contributed by atoms with Gasteiger partial charge in [-0.2, -0.15) is 0 Å². The molecule has 0 spiro atoms. The Bertz CT molecular complexity index is 600. The van der Waals surface area contributed by atoms with Gasteiger partial charge in [0.05, 0.1) is 11.7 Å². The molecule has 2 heterocycles. The number of hydrogen-bond donors (Lipinski definition) is 2. The van der Waals surface area contributed by atoms with Gasteiger partial charge in [0.15, 0.2) is 6.61 Å². The molecule has 0 radical (unpaired) electrons. The molecule has 1 saturated heterocycles. The zero-order valence-electron chi connectivity index (χ0n) is 13.0. The van der Waals surface area contributed by atoms with Crippen LogP contribution in [-0.2, 0) is 9.59 Å². The summed E-state index contributed by atoms with van der Waals surface area (Å²) in [7, 11) is 0. The SMILES string of the molecule is CCCCC1C(=O)NC(c2ccc3c(c2)NC(=O)CO3)C1C. The van der Waals surface area contributed by atoms with Crippen LogP contribution in [0.3, 0.4) is 0 Å². The van der Waals surface area contributed by atoms with Crippen molar-refractivity contribution in [3.05, 3.63) is 23.8 Å². The van der Waals surface area contributed by atoms with Gasteiger partial charge in [-0.3, -0.25) is 9.59 Å². The molecule has 0 saturated carbocycles. The molecular weight excluding hydrogens is 280 g/mol. The Morgan fingerprint density at radius 1 is 1.32 bits per heavy atom. The first-order chi connectivity index (χ1) is 10.6. The fraction of sp³-hybridized carbons (Fsp3) is 0.529. The predicted molar refractivity (Wildman–Crippen MR) is 83.6 cm³/mol. The zero-order valence-corrected chi connectivity index (χ0v) is 13.0. The summed E-state index contributed by atoms with van der Waals surface area (Å²) in [5.74, 6) is 1.00. The number of fused-ring (bicyclic) bond motifs is 1. The molecule has 0 aliphatic carbocycles. The number of carbonyl (C=O) groups is 2. The highest BCUT2D eigenvalue weighted by atomic mass is 16.5. The van der Waals surface area contributed by atoms with Crippen molar-refractivity contribution in [2.24, 2.45) is 11.8 Å². The van der Waals surface area contributed by atoms with Gasteiger partial charge in [0.25, 0.3) is 5.91 Å². The van der Waals surface area contributed by atoms with Crippen molar-refractivity contribution in [1.82, 2.24) is 5.32 Å². The first-order valence-electron chi connectivity index (χ1n) is 7.97. The Morgan fingerprint density at radius 2 is 2.14 bits per heavy atom. The second-order valence-corrected chi connectivity index (χ2v) is 6.19. The lowest BCUT2D eigenvalue weighted by atomic mass is 9.85. The summed E-state index contributed by atoms with van der Waals surface area (Å²) >= 11 is 0. The molecule has 3 rings (SSSR count). The Morgan fingerprint density at radius 3 is 2.91 bits per heavy atom. The van der Waals surface area contributed by atoms with Crippen LogP contribution in [0.1, 0.15) is 44.7 Å². The summed E-state index contributed by atoms with van der Waals surface area (Å²) in [6.45, 7) is 4.32. The van der Waals surface area contributed by atoms with Crippen LogP contribution in [0, 0.1) is 11.8 Å². The molecule has 2 aliphatic heterocycles. The maximum absolute atomic E-state index is 12.2. The standard InChI is InChI=1S/C17H22N2O3/c1-3-4-5-12-10(2)16(19-17(12)21)11-6-7-14-13(8-11)18-15(20)9-22-14/h6-8,10,12,16H,3-5,9H2,1-2H3,(H,18,20)(H,19,21). The zero-order chi connectivity index (χ0) is 15.7. The van der Waals surface area contributed by atoms with E-state index in [9.17, 15) is 9.59 Å². The number of amides is 2. The van der Waals surface area contributed by atoms with Crippen LogP contribution in [0.4, 0.5) is 5.69 Å². The summed E-state index contributed by atoms with van der Waals surface area (Å²) in [6.07, 6.45) is 3.11. The third kappa shape index (κ3) is 2.67. The van der Waals surface area contributed by atoms with E-state index < -0.39 is 0 Å². The number of benzene rings is 1. The summed E-state index contributed by atoms with van der Waals surface area (Å²) in [5, 5.41) is 5.92. The molecule has 2 N–H and O–H groups in total. The molecule has 3 atom stereocenters. The van der Waals surface area contributed by atoms with E-state index in [-0.39, 0.29) is 36.3 Å². The minimum atomic E-state index is -0.144. The van der Waals surface area contributed by atoms with Gasteiger partial charge in [-0.25, -0.2) is 0 Å². The molecule has 22 heavy (non-hydrogen) atoms. The van der Waals surface area contributed by atoms with E-state index in [0.717, 1.165) is 24.8 Å². The van der Waals surface area contributed by atoms with Crippen LogP contribution in [0.25, 0.3) is 0 Å². The first kappa shape index (κ1) is 14.9. The number of ether oxygens (including phenoxy) is 1. The second kappa shape index (κ2) is 5.99. The summed E-state index contributed by atoms with van der Waals surface area (Å²) in [4.78, 5) is 23.6. The predicted octanol–water partition coefficient (Wildman–Crippen LogP) is 2.63. The first-order valence-corrected chi connectivity index (χ1v) is 7.97. The van der Waals surface area contributed by atoms with Crippen molar-refractivity contribution in [2.45, 2.75) is 39.2 Å². The number of carbonyl (C=O) groups excluding carboxylic acids is 2. The molecule has 0 aromatic heterocycles. The molecule has 1 aromatic rings. The van der Waals surface area contributed by atoms with Crippen molar-refractivity contribution in [2.75, 3.05) is 11.9 Å². The monoisotopic (exact) mass is 302 g/mol. The highest BCUT2D eigenvalue weighted by molar-refractivity contribution is 5.95. The minimum Gasteiger partial charge on any atom is -0.482 e. The van der Waals surface area contributed by atoms with Gasteiger partial charge in [0.2, 0.25) is 5.91 Å². The molecule has 0 bridgehead atoms. The quantitative estimate of drug-likeness (QED) is 0.898. The largest absolute Gasteiger partial charge is 0.482 e. The average Bonchev–Trinajstić information content (AvgIpc) is 2.79. The van der Waals surface area contributed by atoms with Gasteiger partial charge in [-0.1, -0.05) is 32.8 Å². The molecule has 3 unspecified atom stereocenters. The number of rotatable bonds is 4. The highest BCUT2D eigenvalue weighted by Gasteiger charge is 2.39. The topological polar surface area (TPSA) is 67.4 Å². The van der Waals surface area contributed by atoms with Gasteiger partial charge in [0.1, 0.15) is 5.75 Å². The molecule has 2 aliphatic rings. The molecule has 2 amide bonds. The third-order valence-corrected chi connectivity index (χ3v) is 4.66. The highest BCUT2D eigenvalue weighted by Crippen LogP contribution is 2.39. The number of anilines is 1. The van der Waals surface area contributed by atoms with E-state index >= 15 is 0 Å². The van der Waals surface area contributed by atoms with Gasteiger partial charge >= 0.3 is 0 Å². The van der Waals surface area contributed by atoms with Crippen molar-refractivity contribution in [3.63, 3.8) is 0 Å². The summed E-state index contributed by atoms with van der Waals surface area (Å²) in [6, 6.07) is 5.75. The third-order valence-electron chi connectivity index (χ3n) is 4.66. The average molecular weight is 302 g/mol. The Hall–Kier alpha value is -2.04. The van der Waals surface area contributed by atoms with Crippen molar-refractivity contribution >= 4 is 17.5 Å². The lowest BCUT2D eigenvalue weighted by Gasteiger charge is -2.22. The minimum absolute atomic E-state index is 0.00140. The van der Waals surface area contributed by atoms with Crippen LogP contribution in [0.15, 0.2) is 18.2 Å². The maximum atomic E-state index is 12.2. The molecule has 5 heteroatoms. The molecule has 1 aromatic carbocycles. The van der Waals surface area contributed by atoms with E-state index in [1.54, 1.807) is 0 Å². The fourth-order valence-corrected chi connectivity index (χ4v) is 3.36. The van der Waals surface area contributed by atoms with Crippen molar-refractivity contribution in [3.8, 4) is 5.75 Å². The Kier molecular flexibility index (Phi) is 4.05. The summed E-state index contributed by atoms with van der Waals surface area (Å²) in [5.41, 5.74) is 1.71. The van der Waals surface area contributed by atoms with Gasteiger partial charge in [-0.15, -0.1) is 0 Å². The van der Waals surface area contributed by atoms with Crippen LogP contribution < -0.4 is 15.4 Å². The number of hydrogen-bond acceptors (Lipinski definition) is 3. The molecular formula is C17H22N2O3. The summed E-state index contributed by atoms with van der Waals surface area (Å²) < 4.78 is 5.38. The van der Waals surface area contributed by atoms with Crippen LogP contribution in [0.2, 0.25) is 0 Å². The van der Waals surface area contributed by atoms with Gasteiger partial charge in [-0.05, 0) is 30.0 Å². The van der Waals surface area contributed by atoms with E-state index in [0.29, 0.717) is 11.4 Å². The van der Waals surface area contributed by atoms with Crippen LogP contribution in [0.5, 0.6) is 5.75 Å². The van der Waals surface area contributed by atoms with E-state index in [1.807, 2.05) is 18.2 Å². The van der Waals surface area contributed by atoms with Gasteiger partial charge in [0, 0.05) is 5.92 Å². The molecule has 118 valence electrons. The molecule has 5 nitrogen and oxygen atoms in total. The van der Waals surface area contributed by atoms with Gasteiger partial charge < -0.3 is 15.4 Å². The smallest absolute Gasteiger partial charge is 0.262 e. The van der Waals surface area contributed by atoms with Crippen molar-refractivity contribution < 1.29 is 14.3 Å². The van der Waals surface area contributed by atoms with Crippen LogP contribution in [-0.4, -0.2) is 18.4 Å². The fourth-order valence-electron chi connectivity index (χ4n) is 3.36. The number of unbranched alkanes of at least 4 members (excludes halogenated alkanes) is 1. The lowest BCUT2D eigenvalue weighted by molar-refractivity contribution is -0.123. The lowest BCUT2D eigenvalue weighted by Crippen LogP contribution is -2.26. The second-order valence-electron chi connectivity index (χ2n) is 6.19. The van der Waals surface area contributed by atoms with Crippen LogP contribution >= 0.6 is 0 Å². The van der Waals surface area contributed by atoms with E-state index in [1.165, 1.54) is 0 Å².